The normalized spacial score (nSPS) is 17.8. The van der Waals surface area contributed by atoms with E-state index in [4.69, 9.17) is 0 Å². The first-order valence-electron chi connectivity index (χ1n) is 8.53. The van der Waals surface area contributed by atoms with Crippen molar-refractivity contribution in [3.63, 3.8) is 0 Å². The summed E-state index contributed by atoms with van der Waals surface area (Å²) in [6.07, 6.45) is 3.89. The Balaban J connectivity index is 2.15. The molecule has 2 N–H and O–H groups in total. The third-order valence-corrected chi connectivity index (χ3v) is 5.76. The molecule has 7 heteroatoms. The van der Waals surface area contributed by atoms with Crippen LogP contribution in [0.25, 0.3) is 0 Å². The quantitative estimate of drug-likeness (QED) is 0.744. The molecule has 1 aromatic carbocycles. The van der Waals surface area contributed by atoms with Crippen molar-refractivity contribution in [2.45, 2.75) is 43.5 Å². The first-order chi connectivity index (χ1) is 11.5. The van der Waals surface area contributed by atoms with Crippen LogP contribution in [-0.4, -0.2) is 51.9 Å². The van der Waals surface area contributed by atoms with Gasteiger partial charge in [0.05, 0.1) is 10.5 Å². The fraction of sp³-hybridized carbons (Fsp3) is 0.588. The summed E-state index contributed by atoms with van der Waals surface area (Å²) in [7, 11) is -2.01. The molecule has 1 aliphatic heterocycles. The molecule has 1 aliphatic rings. The van der Waals surface area contributed by atoms with E-state index in [1.54, 1.807) is 30.1 Å². The monoisotopic (exact) mass is 353 g/mol. The highest BCUT2D eigenvalue weighted by Crippen LogP contribution is 2.18. The van der Waals surface area contributed by atoms with Gasteiger partial charge >= 0.3 is 0 Å². The highest BCUT2D eigenvalue weighted by molar-refractivity contribution is 7.89. The summed E-state index contributed by atoms with van der Waals surface area (Å²) >= 11 is 0. The maximum absolute atomic E-state index is 12.6. The van der Waals surface area contributed by atoms with Crippen molar-refractivity contribution in [2.75, 3.05) is 26.7 Å². The van der Waals surface area contributed by atoms with E-state index in [1.165, 1.54) is 6.07 Å². The van der Waals surface area contributed by atoms with Crippen LogP contribution >= 0.6 is 0 Å². The summed E-state index contributed by atoms with van der Waals surface area (Å²) in [5.74, 6) is -0.261. The molecule has 1 amide bonds. The van der Waals surface area contributed by atoms with E-state index in [-0.39, 0.29) is 22.4 Å². The van der Waals surface area contributed by atoms with Gasteiger partial charge in [-0.1, -0.05) is 25.5 Å². The van der Waals surface area contributed by atoms with Gasteiger partial charge in [0.25, 0.3) is 5.91 Å². The Labute approximate surface area is 144 Å². The molecule has 0 saturated carbocycles. The Kier molecular flexibility index (Phi) is 6.77. The van der Waals surface area contributed by atoms with Crippen molar-refractivity contribution in [2.24, 2.45) is 0 Å². The lowest BCUT2D eigenvalue weighted by Gasteiger charge is -2.19. The second-order valence-electron chi connectivity index (χ2n) is 6.22. The Bertz CT molecular complexity index is 655. The molecule has 24 heavy (non-hydrogen) atoms. The third kappa shape index (κ3) is 4.78. The minimum atomic E-state index is -3.71. The molecule has 0 aromatic heterocycles. The second-order valence-corrected chi connectivity index (χ2v) is 7.96. The minimum Gasteiger partial charge on any atom is -0.342 e. The number of nitrogens with one attached hydrogen (secondary N) is 2. The van der Waals surface area contributed by atoms with Gasteiger partial charge in [-0.05, 0) is 37.9 Å². The van der Waals surface area contributed by atoms with Gasteiger partial charge in [-0.15, -0.1) is 0 Å². The van der Waals surface area contributed by atoms with Crippen molar-refractivity contribution in [3.8, 4) is 0 Å². The van der Waals surface area contributed by atoms with Crippen molar-refractivity contribution < 1.29 is 13.2 Å². The highest BCUT2D eigenvalue weighted by Gasteiger charge is 2.25. The largest absolute Gasteiger partial charge is 0.342 e. The van der Waals surface area contributed by atoms with Crippen LogP contribution in [0.4, 0.5) is 0 Å². The van der Waals surface area contributed by atoms with E-state index >= 15 is 0 Å². The molecule has 1 aromatic rings. The number of hydrogen-bond donors (Lipinski definition) is 2. The van der Waals surface area contributed by atoms with Gasteiger partial charge in [-0.25, -0.2) is 13.1 Å². The van der Waals surface area contributed by atoms with Gasteiger partial charge in [0.2, 0.25) is 10.0 Å². The van der Waals surface area contributed by atoms with Gasteiger partial charge in [0, 0.05) is 26.2 Å². The van der Waals surface area contributed by atoms with Crippen LogP contribution < -0.4 is 10.0 Å². The summed E-state index contributed by atoms with van der Waals surface area (Å²) in [4.78, 5) is 14.2. The molecule has 0 bridgehead atoms. The highest BCUT2D eigenvalue weighted by atomic mass is 32.2. The lowest BCUT2D eigenvalue weighted by atomic mass is 10.2. The molecule has 1 heterocycles. The maximum atomic E-state index is 12.6. The zero-order valence-corrected chi connectivity index (χ0v) is 15.2. The van der Waals surface area contributed by atoms with Crippen molar-refractivity contribution in [3.05, 3.63) is 29.8 Å². The van der Waals surface area contributed by atoms with Crippen molar-refractivity contribution in [1.82, 2.24) is 14.9 Å². The minimum absolute atomic E-state index is 0.0522. The lowest BCUT2D eigenvalue weighted by Crippen LogP contribution is -2.38. The van der Waals surface area contributed by atoms with Gasteiger partial charge in [0.1, 0.15) is 0 Å². The smallest absolute Gasteiger partial charge is 0.254 e. The number of sulfonamides is 1. The van der Waals surface area contributed by atoms with Crippen LogP contribution in [0.15, 0.2) is 29.2 Å². The standard InChI is InChI=1S/C17H27N3O3S/c1-3-4-12-20(2)17(21)15-9-5-6-10-16(15)24(22,23)19-13-14-8-7-11-18-14/h5-6,9-10,14,18-19H,3-4,7-8,11-13H2,1-2H3. The summed E-state index contributed by atoms with van der Waals surface area (Å²) in [6.45, 7) is 3.93. The molecule has 1 fully saturated rings. The van der Waals surface area contributed by atoms with E-state index in [1.807, 2.05) is 0 Å². The summed E-state index contributed by atoms with van der Waals surface area (Å²) in [5, 5.41) is 3.26. The SMILES string of the molecule is CCCCN(C)C(=O)c1ccccc1S(=O)(=O)NCC1CCCN1. The topological polar surface area (TPSA) is 78.5 Å². The summed E-state index contributed by atoms with van der Waals surface area (Å²) in [5.41, 5.74) is 0.225. The van der Waals surface area contributed by atoms with Crippen LogP contribution in [-0.2, 0) is 10.0 Å². The van der Waals surface area contributed by atoms with E-state index in [0.29, 0.717) is 13.1 Å². The van der Waals surface area contributed by atoms with Gasteiger partial charge < -0.3 is 10.2 Å². The number of unbranched alkanes of at least 4 members (excludes halogenated alkanes) is 1. The van der Waals surface area contributed by atoms with Crippen molar-refractivity contribution in [1.29, 1.82) is 0 Å². The molecule has 6 nitrogen and oxygen atoms in total. The van der Waals surface area contributed by atoms with Crippen LogP contribution in [0.5, 0.6) is 0 Å². The number of nitrogens with zero attached hydrogens (tertiary/aromatic N) is 1. The molecule has 0 radical (unpaired) electrons. The molecule has 0 aliphatic carbocycles. The van der Waals surface area contributed by atoms with Gasteiger partial charge in [0.15, 0.2) is 0 Å². The summed E-state index contributed by atoms with van der Waals surface area (Å²) in [6, 6.07) is 6.57. The Morgan fingerprint density at radius 3 is 2.79 bits per heavy atom. The second kappa shape index (κ2) is 8.60. The third-order valence-electron chi connectivity index (χ3n) is 4.28. The number of carbonyl (C=O) groups is 1. The molecular formula is C17H27N3O3S. The van der Waals surface area contributed by atoms with E-state index in [2.05, 4.69) is 17.0 Å². The number of benzene rings is 1. The average Bonchev–Trinajstić information content (AvgIpc) is 3.11. The van der Waals surface area contributed by atoms with Gasteiger partial charge in [-0.2, -0.15) is 0 Å². The predicted octanol–water partition coefficient (Wildman–Crippen LogP) is 1.59. The van der Waals surface area contributed by atoms with E-state index in [9.17, 15) is 13.2 Å². The Morgan fingerprint density at radius 2 is 2.12 bits per heavy atom. The van der Waals surface area contributed by atoms with Gasteiger partial charge in [-0.3, -0.25) is 4.79 Å². The molecule has 2 rings (SSSR count). The predicted molar refractivity (Wildman–Crippen MR) is 94.5 cm³/mol. The molecule has 0 spiro atoms. The first-order valence-corrected chi connectivity index (χ1v) is 10.0. The fourth-order valence-corrected chi connectivity index (χ4v) is 4.08. The first kappa shape index (κ1) is 18.9. The Morgan fingerprint density at radius 1 is 1.38 bits per heavy atom. The molecule has 134 valence electrons. The lowest BCUT2D eigenvalue weighted by molar-refractivity contribution is 0.0789. The summed E-state index contributed by atoms with van der Waals surface area (Å²) < 4.78 is 27.9. The maximum Gasteiger partial charge on any atom is 0.254 e. The number of amides is 1. The molecular weight excluding hydrogens is 326 g/mol. The average molecular weight is 353 g/mol. The van der Waals surface area contributed by atoms with Crippen LogP contribution in [0.3, 0.4) is 0 Å². The number of hydrogen-bond acceptors (Lipinski definition) is 4. The van der Waals surface area contributed by atoms with Crippen LogP contribution in [0.1, 0.15) is 43.0 Å². The fourth-order valence-electron chi connectivity index (χ4n) is 2.80. The van der Waals surface area contributed by atoms with E-state index < -0.39 is 10.0 Å². The molecule has 1 saturated heterocycles. The van der Waals surface area contributed by atoms with Crippen LogP contribution in [0.2, 0.25) is 0 Å². The zero-order valence-electron chi connectivity index (χ0n) is 14.4. The van der Waals surface area contributed by atoms with Crippen LogP contribution in [0, 0.1) is 0 Å². The van der Waals surface area contributed by atoms with E-state index in [0.717, 1.165) is 32.2 Å². The number of carbonyl (C=O) groups excluding carboxylic acids is 1. The number of rotatable bonds is 8. The molecule has 1 unspecified atom stereocenters. The van der Waals surface area contributed by atoms with Crippen molar-refractivity contribution >= 4 is 15.9 Å². The Hall–Kier alpha value is -1.44. The zero-order chi connectivity index (χ0) is 17.6. The molecule has 1 atom stereocenters.